The molecule has 0 atom stereocenters. The molecular formula is C17H16N4O3S. The number of carbonyl (C=O) groups excluding carboxylic acids is 2. The van der Waals surface area contributed by atoms with Crippen LogP contribution in [0.15, 0.2) is 41.0 Å². The molecule has 0 saturated carbocycles. The van der Waals surface area contributed by atoms with Crippen molar-refractivity contribution in [2.24, 2.45) is 0 Å². The molecule has 0 aliphatic heterocycles. The van der Waals surface area contributed by atoms with E-state index in [1.54, 1.807) is 30.3 Å². The van der Waals surface area contributed by atoms with Crippen molar-refractivity contribution in [3.8, 4) is 0 Å². The topological polar surface area (TPSA) is 97.1 Å². The van der Waals surface area contributed by atoms with Crippen LogP contribution in [-0.2, 0) is 6.42 Å². The number of anilines is 2. The fourth-order valence-electron chi connectivity index (χ4n) is 2.11. The van der Waals surface area contributed by atoms with Gasteiger partial charge >= 0.3 is 0 Å². The number of aryl methyl sites for hydroxylation is 2. The maximum Gasteiger partial charge on any atom is 0.291 e. The summed E-state index contributed by atoms with van der Waals surface area (Å²) in [6.45, 7) is 3.82. The summed E-state index contributed by atoms with van der Waals surface area (Å²) in [6.07, 6.45) is 2.19. The van der Waals surface area contributed by atoms with Gasteiger partial charge < -0.3 is 9.73 Å². The Morgan fingerprint density at radius 1 is 1.16 bits per heavy atom. The van der Waals surface area contributed by atoms with Gasteiger partial charge in [-0.25, -0.2) is 0 Å². The predicted molar refractivity (Wildman–Crippen MR) is 95.1 cm³/mol. The molecule has 0 aliphatic rings. The molecule has 8 heteroatoms. The molecule has 0 aliphatic carbocycles. The zero-order chi connectivity index (χ0) is 17.8. The van der Waals surface area contributed by atoms with Crippen molar-refractivity contribution in [3.05, 3.63) is 58.5 Å². The first kappa shape index (κ1) is 16.8. The molecule has 1 aromatic carbocycles. The molecule has 0 fully saturated rings. The van der Waals surface area contributed by atoms with Gasteiger partial charge in [-0.3, -0.25) is 14.9 Å². The van der Waals surface area contributed by atoms with E-state index in [9.17, 15) is 9.59 Å². The van der Waals surface area contributed by atoms with Crippen molar-refractivity contribution in [3.63, 3.8) is 0 Å². The van der Waals surface area contributed by atoms with Crippen molar-refractivity contribution in [1.29, 1.82) is 0 Å². The Kier molecular flexibility index (Phi) is 4.90. The Hall–Kier alpha value is -3.00. The Morgan fingerprint density at radius 3 is 2.68 bits per heavy atom. The lowest BCUT2D eigenvalue weighted by molar-refractivity contribution is 0.0993. The van der Waals surface area contributed by atoms with E-state index in [1.807, 2.05) is 13.8 Å². The highest BCUT2D eigenvalue weighted by molar-refractivity contribution is 7.15. The molecular weight excluding hydrogens is 340 g/mol. The smallest absolute Gasteiger partial charge is 0.291 e. The van der Waals surface area contributed by atoms with Crippen molar-refractivity contribution in [1.82, 2.24) is 10.2 Å². The normalized spacial score (nSPS) is 10.5. The van der Waals surface area contributed by atoms with E-state index in [0.717, 1.165) is 17.0 Å². The number of benzene rings is 1. The summed E-state index contributed by atoms with van der Waals surface area (Å²) < 4.78 is 5.07. The van der Waals surface area contributed by atoms with Gasteiger partial charge in [-0.15, -0.1) is 10.2 Å². The van der Waals surface area contributed by atoms with Gasteiger partial charge in [-0.2, -0.15) is 0 Å². The third-order valence-corrected chi connectivity index (χ3v) is 4.47. The largest absolute Gasteiger partial charge is 0.459 e. The standard InChI is InChI=1S/C17H16N4O3S/c1-3-14-20-21-17(25-14)19-15(22)11-7-6-10(2)12(9-11)18-16(23)13-5-4-8-24-13/h4-9H,3H2,1-2H3,(H,18,23)(H,19,21,22). The summed E-state index contributed by atoms with van der Waals surface area (Å²) >= 11 is 1.34. The molecule has 0 unspecified atom stereocenters. The van der Waals surface area contributed by atoms with Crippen LogP contribution in [0.3, 0.4) is 0 Å². The van der Waals surface area contributed by atoms with E-state index in [4.69, 9.17) is 4.42 Å². The van der Waals surface area contributed by atoms with E-state index >= 15 is 0 Å². The molecule has 2 heterocycles. The summed E-state index contributed by atoms with van der Waals surface area (Å²) in [4.78, 5) is 24.5. The lowest BCUT2D eigenvalue weighted by Gasteiger charge is -2.09. The average Bonchev–Trinajstić information content (AvgIpc) is 3.28. The second-order valence-electron chi connectivity index (χ2n) is 5.27. The summed E-state index contributed by atoms with van der Waals surface area (Å²) in [5, 5.41) is 14.7. The van der Waals surface area contributed by atoms with Crippen LogP contribution in [0.2, 0.25) is 0 Å². The molecule has 7 nitrogen and oxygen atoms in total. The van der Waals surface area contributed by atoms with Crippen molar-refractivity contribution in [2.75, 3.05) is 10.6 Å². The lowest BCUT2D eigenvalue weighted by Crippen LogP contribution is -2.15. The third kappa shape index (κ3) is 3.92. The Bertz CT molecular complexity index is 903. The van der Waals surface area contributed by atoms with Gasteiger partial charge in [0.05, 0.1) is 6.26 Å². The fraction of sp³-hybridized carbons (Fsp3) is 0.176. The van der Waals surface area contributed by atoms with Gasteiger partial charge in [0.2, 0.25) is 5.13 Å². The minimum Gasteiger partial charge on any atom is -0.459 e. The number of aromatic nitrogens is 2. The van der Waals surface area contributed by atoms with Crippen LogP contribution in [0.1, 0.15) is 38.4 Å². The first-order chi connectivity index (χ1) is 12.1. The second-order valence-corrected chi connectivity index (χ2v) is 6.33. The van der Waals surface area contributed by atoms with E-state index in [-0.39, 0.29) is 17.6 Å². The number of hydrogen-bond acceptors (Lipinski definition) is 6. The fourth-order valence-corrected chi connectivity index (χ4v) is 2.78. The molecule has 2 aromatic heterocycles. The highest BCUT2D eigenvalue weighted by Crippen LogP contribution is 2.20. The Labute approximate surface area is 148 Å². The minimum atomic E-state index is -0.373. The molecule has 0 radical (unpaired) electrons. The third-order valence-electron chi connectivity index (χ3n) is 3.48. The van der Waals surface area contributed by atoms with Crippen LogP contribution in [-0.4, -0.2) is 22.0 Å². The number of rotatable bonds is 5. The molecule has 0 saturated heterocycles. The molecule has 0 bridgehead atoms. The molecule has 25 heavy (non-hydrogen) atoms. The number of furan rings is 1. The number of carbonyl (C=O) groups is 2. The molecule has 0 spiro atoms. The first-order valence-corrected chi connectivity index (χ1v) is 8.47. The highest BCUT2D eigenvalue weighted by Gasteiger charge is 2.14. The molecule has 2 N–H and O–H groups in total. The maximum atomic E-state index is 12.4. The molecule has 2 amide bonds. The molecule has 128 valence electrons. The Balaban J connectivity index is 1.76. The summed E-state index contributed by atoms with van der Waals surface area (Å²) in [5.41, 5.74) is 1.79. The number of nitrogens with zero attached hydrogens (tertiary/aromatic N) is 2. The summed E-state index contributed by atoms with van der Waals surface area (Å²) in [7, 11) is 0. The highest BCUT2D eigenvalue weighted by atomic mass is 32.1. The zero-order valence-electron chi connectivity index (χ0n) is 13.7. The van der Waals surface area contributed by atoms with Crippen LogP contribution in [0.5, 0.6) is 0 Å². The van der Waals surface area contributed by atoms with Gasteiger partial charge in [0.1, 0.15) is 5.01 Å². The Morgan fingerprint density at radius 2 is 2.00 bits per heavy atom. The molecule has 3 rings (SSSR count). The van der Waals surface area contributed by atoms with Crippen LogP contribution in [0, 0.1) is 6.92 Å². The predicted octanol–water partition coefficient (Wildman–Crippen LogP) is 3.51. The first-order valence-electron chi connectivity index (χ1n) is 7.66. The number of hydrogen-bond donors (Lipinski definition) is 2. The second kappa shape index (κ2) is 7.27. The van der Waals surface area contributed by atoms with Gasteiger partial charge in [0.25, 0.3) is 11.8 Å². The van der Waals surface area contributed by atoms with Gasteiger partial charge in [-0.05, 0) is 43.2 Å². The van der Waals surface area contributed by atoms with Crippen LogP contribution in [0.4, 0.5) is 10.8 Å². The summed E-state index contributed by atoms with van der Waals surface area (Å²) in [5.74, 6) is -0.482. The zero-order valence-corrected chi connectivity index (χ0v) is 14.5. The summed E-state index contributed by atoms with van der Waals surface area (Å²) in [6, 6.07) is 8.28. The van der Waals surface area contributed by atoms with Crippen molar-refractivity contribution < 1.29 is 14.0 Å². The van der Waals surface area contributed by atoms with E-state index in [0.29, 0.717) is 16.4 Å². The van der Waals surface area contributed by atoms with Gasteiger partial charge in [-0.1, -0.05) is 24.3 Å². The van der Waals surface area contributed by atoms with Crippen molar-refractivity contribution >= 4 is 34.0 Å². The van der Waals surface area contributed by atoms with Crippen LogP contribution < -0.4 is 10.6 Å². The van der Waals surface area contributed by atoms with E-state index in [2.05, 4.69) is 20.8 Å². The van der Waals surface area contributed by atoms with Crippen LogP contribution in [0.25, 0.3) is 0 Å². The molecule has 3 aromatic rings. The monoisotopic (exact) mass is 356 g/mol. The van der Waals surface area contributed by atoms with Crippen molar-refractivity contribution in [2.45, 2.75) is 20.3 Å². The van der Waals surface area contributed by atoms with Crippen LogP contribution >= 0.6 is 11.3 Å². The SMILES string of the molecule is CCc1nnc(NC(=O)c2ccc(C)c(NC(=O)c3ccco3)c2)s1. The average molecular weight is 356 g/mol. The van der Waals surface area contributed by atoms with Gasteiger partial charge in [0.15, 0.2) is 5.76 Å². The quantitative estimate of drug-likeness (QED) is 0.729. The maximum absolute atomic E-state index is 12.4. The van der Waals surface area contributed by atoms with E-state index < -0.39 is 0 Å². The minimum absolute atomic E-state index is 0.204. The van der Waals surface area contributed by atoms with Gasteiger partial charge in [0, 0.05) is 11.3 Å². The lowest BCUT2D eigenvalue weighted by atomic mass is 10.1. The van der Waals surface area contributed by atoms with E-state index in [1.165, 1.54) is 17.6 Å². The number of amides is 2. The number of nitrogens with one attached hydrogen (secondary N) is 2.